The molecule has 1 aromatic carbocycles. The van der Waals surface area contributed by atoms with Crippen molar-refractivity contribution in [3.8, 4) is 0 Å². The summed E-state index contributed by atoms with van der Waals surface area (Å²) in [5, 5.41) is 3.15. The molecule has 1 N–H and O–H groups in total. The van der Waals surface area contributed by atoms with Gasteiger partial charge in [0, 0.05) is 23.9 Å². The van der Waals surface area contributed by atoms with Gasteiger partial charge in [-0.2, -0.15) is 0 Å². The Balaban J connectivity index is 2.41. The van der Waals surface area contributed by atoms with Crippen molar-refractivity contribution in [1.82, 2.24) is 5.32 Å². The Morgan fingerprint density at radius 2 is 2.13 bits per heavy atom. The Kier molecular flexibility index (Phi) is 5.58. The van der Waals surface area contributed by atoms with E-state index in [1.165, 1.54) is 0 Å². The van der Waals surface area contributed by atoms with E-state index in [-0.39, 0.29) is 5.78 Å². The van der Waals surface area contributed by atoms with Gasteiger partial charge in [-0.15, -0.1) is 0 Å². The van der Waals surface area contributed by atoms with E-state index in [0.717, 1.165) is 23.1 Å². The van der Waals surface area contributed by atoms with Crippen LogP contribution in [0.5, 0.6) is 0 Å². The van der Waals surface area contributed by atoms with Crippen molar-refractivity contribution in [1.29, 1.82) is 0 Å². The van der Waals surface area contributed by atoms with E-state index >= 15 is 0 Å². The van der Waals surface area contributed by atoms with Gasteiger partial charge >= 0.3 is 0 Å². The summed E-state index contributed by atoms with van der Waals surface area (Å²) < 4.78 is 1.02. The van der Waals surface area contributed by atoms with Gasteiger partial charge < -0.3 is 5.32 Å². The van der Waals surface area contributed by atoms with Crippen molar-refractivity contribution >= 4 is 21.7 Å². The second kappa shape index (κ2) is 6.75. The van der Waals surface area contributed by atoms with Crippen molar-refractivity contribution in [2.45, 2.75) is 19.8 Å². The number of rotatable bonds is 6. The molecule has 0 saturated heterocycles. The minimum atomic E-state index is 0.280. The highest BCUT2D eigenvalue weighted by molar-refractivity contribution is 9.10. The molecule has 1 aromatic rings. The molecule has 15 heavy (non-hydrogen) atoms. The first-order valence-electron chi connectivity index (χ1n) is 5.20. The average Bonchev–Trinajstić information content (AvgIpc) is 2.22. The summed E-state index contributed by atoms with van der Waals surface area (Å²) in [6.07, 6.45) is 1.13. The summed E-state index contributed by atoms with van der Waals surface area (Å²) >= 11 is 3.44. The molecule has 0 bridgehead atoms. The average molecular weight is 270 g/mol. The number of benzene rings is 1. The Labute approximate surface area is 99.2 Å². The fourth-order valence-corrected chi connectivity index (χ4v) is 1.77. The maximum Gasteiger partial charge on any atom is 0.138 e. The normalized spacial score (nSPS) is 10.3. The topological polar surface area (TPSA) is 29.1 Å². The molecule has 1 rings (SSSR count). The molecule has 0 aliphatic rings. The maximum absolute atomic E-state index is 11.6. The maximum atomic E-state index is 11.6. The summed E-state index contributed by atoms with van der Waals surface area (Å²) in [5.41, 5.74) is 1.07. The Bertz CT molecular complexity index is 325. The van der Waals surface area contributed by atoms with Crippen LogP contribution in [0, 0.1) is 0 Å². The van der Waals surface area contributed by atoms with E-state index in [1.54, 1.807) is 0 Å². The SMILES string of the molecule is CCNCCC(=O)Cc1ccccc1Br. The number of carbonyl (C=O) groups is 1. The fraction of sp³-hybridized carbons (Fsp3) is 0.417. The van der Waals surface area contributed by atoms with E-state index in [1.807, 2.05) is 31.2 Å². The van der Waals surface area contributed by atoms with Crippen LogP contribution in [0.2, 0.25) is 0 Å². The van der Waals surface area contributed by atoms with Crippen LogP contribution >= 0.6 is 15.9 Å². The summed E-state index contributed by atoms with van der Waals surface area (Å²) in [4.78, 5) is 11.6. The summed E-state index contributed by atoms with van der Waals surface area (Å²) in [6, 6.07) is 7.86. The van der Waals surface area contributed by atoms with Crippen molar-refractivity contribution < 1.29 is 4.79 Å². The molecule has 3 heteroatoms. The van der Waals surface area contributed by atoms with Gasteiger partial charge in [0.05, 0.1) is 0 Å². The summed E-state index contributed by atoms with van der Waals surface area (Å²) in [7, 11) is 0. The van der Waals surface area contributed by atoms with E-state index in [2.05, 4.69) is 21.2 Å². The fourth-order valence-electron chi connectivity index (χ4n) is 1.35. The lowest BCUT2D eigenvalue weighted by Gasteiger charge is -2.04. The largest absolute Gasteiger partial charge is 0.317 e. The standard InChI is InChI=1S/C12H16BrNO/c1-2-14-8-7-11(15)9-10-5-3-4-6-12(10)13/h3-6,14H,2,7-9H2,1H3. The number of hydrogen-bond donors (Lipinski definition) is 1. The quantitative estimate of drug-likeness (QED) is 0.805. The van der Waals surface area contributed by atoms with E-state index < -0.39 is 0 Å². The zero-order chi connectivity index (χ0) is 11.1. The predicted octanol–water partition coefficient (Wildman–Crippen LogP) is 2.56. The van der Waals surface area contributed by atoms with Crippen LogP contribution in [0.1, 0.15) is 18.9 Å². The van der Waals surface area contributed by atoms with Crippen LogP contribution in [0.4, 0.5) is 0 Å². The van der Waals surface area contributed by atoms with Crippen LogP contribution in [0.15, 0.2) is 28.7 Å². The highest BCUT2D eigenvalue weighted by Crippen LogP contribution is 2.16. The minimum Gasteiger partial charge on any atom is -0.317 e. The first-order valence-corrected chi connectivity index (χ1v) is 5.99. The Morgan fingerprint density at radius 3 is 2.80 bits per heavy atom. The molecule has 0 radical (unpaired) electrons. The molecule has 82 valence electrons. The number of nitrogens with one attached hydrogen (secondary N) is 1. The smallest absolute Gasteiger partial charge is 0.138 e. The number of ketones is 1. The second-order valence-corrected chi connectivity index (χ2v) is 4.26. The van der Waals surface area contributed by atoms with Crippen LogP contribution in [-0.4, -0.2) is 18.9 Å². The molecule has 0 aliphatic heterocycles. The lowest BCUT2D eigenvalue weighted by molar-refractivity contribution is -0.118. The van der Waals surface area contributed by atoms with Gasteiger partial charge in [-0.05, 0) is 18.2 Å². The van der Waals surface area contributed by atoms with Gasteiger partial charge in [0.1, 0.15) is 5.78 Å². The number of Topliss-reactive ketones (excluding diaryl/α,β-unsaturated/α-hetero) is 1. The third-order valence-electron chi connectivity index (χ3n) is 2.18. The van der Waals surface area contributed by atoms with Crippen LogP contribution in [0.25, 0.3) is 0 Å². The third kappa shape index (κ3) is 4.58. The lowest BCUT2D eigenvalue weighted by Crippen LogP contribution is -2.18. The number of hydrogen-bond acceptors (Lipinski definition) is 2. The zero-order valence-corrected chi connectivity index (χ0v) is 10.5. The first-order chi connectivity index (χ1) is 7.24. The van der Waals surface area contributed by atoms with Crippen molar-refractivity contribution in [2.75, 3.05) is 13.1 Å². The highest BCUT2D eigenvalue weighted by atomic mass is 79.9. The molecule has 0 atom stereocenters. The molecule has 0 heterocycles. The molecular formula is C12H16BrNO. The van der Waals surface area contributed by atoms with E-state index in [0.29, 0.717) is 12.8 Å². The third-order valence-corrected chi connectivity index (χ3v) is 2.95. The highest BCUT2D eigenvalue weighted by Gasteiger charge is 2.05. The van der Waals surface area contributed by atoms with E-state index in [9.17, 15) is 4.79 Å². The Hall–Kier alpha value is -0.670. The zero-order valence-electron chi connectivity index (χ0n) is 8.92. The van der Waals surface area contributed by atoms with Crippen LogP contribution in [-0.2, 0) is 11.2 Å². The van der Waals surface area contributed by atoms with Gasteiger partial charge in [0.2, 0.25) is 0 Å². The van der Waals surface area contributed by atoms with Gasteiger partial charge in [-0.3, -0.25) is 4.79 Å². The second-order valence-electron chi connectivity index (χ2n) is 3.41. The molecule has 0 amide bonds. The molecule has 0 aromatic heterocycles. The molecule has 0 unspecified atom stereocenters. The van der Waals surface area contributed by atoms with Crippen molar-refractivity contribution in [3.05, 3.63) is 34.3 Å². The Morgan fingerprint density at radius 1 is 1.40 bits per heavy atom. The van der Waals surface area contributed by atoms with Gasteiger partial charge in [-0.25, -0.2) is 0 Å². The van der Waals surface area contributed by atoms with Crippen molar-refractivity contribution in [3.63, 3.8) is 0 Å². The van der Waals surface area contributed by atoms with Crippen molar-refractivity contribution in [2.24, 2.45) is 0 Å². The first kappa shape index (κ1) is 12.4. The molecule has 0 spiro atoms. The molecule has 0 saturated carbocycles. The number of carbonyl (C=O) groups excluding carboxylic acids is 1. The van der Waals surface area contributed by atoms with Crippen LogP contribution in [0.3, 0.4) is 0 Å². The minimum absolute atomic E-state index is 0.280. The molecule has 2 nitrogen and oxygen atoms in total. The van der Waals surface area contributed by atoms with Gasteiger partial charge in [0.15, 0.2) is 0 Å². The predicted molar refractivity (Wildman–Crippen MR) is 66.0 cm³/mol. The molecular weight excluding hydrogens is 254 g/mol. The monoisotopic (exact) mass is 269 g/mol. The van der Waals surface area contributed by atoms with Gasteiger partial charge in [-0.1, -0.05) is 41.1 Å². The summed E-state index contributed by atoms with van der Waals surface area (Å²) in [6.45, 7) is 3.74. The van der Waals surface area contributed by atoms with Gasteiger partial charge in [0.25, 0.3) is 0 Å². The summed E-state index contributed by atoms with van der Waals surface area (Å²) in [5.74, 6) is 0.280. The lowest BCUT2D eigenvalue weighted by atomic mass is 10.1. The molecule has 0 aliphatic carbocycles. The molecule has 0 fully saturated rings. The van der Waals surface area contributed by atoms with Crippen LogP contribution < -0.4 is 5.32 Å². The number of halogens is 1. The van der Waals surface area contributed by atoms with E-state index in [4.69, 9.17) is 0 Å².